The van der Waals surface area contributed by atoms with E-state index in [1.54, 1.807) is 11.8 Å². The van der Waals surface area contributed by atoms with Crippen molar-refractivity contribution in [2.75, 3.05) is 5.75 Å². The van der Waals surface area contributed by atoms with Crippen LogP contribution in [0.4, 0.5) is 0 Å². The van der Waals surface area contributed by atoms with E-state index >= 15 is 0 Å². The number of hydrogen-bond acceptors (Lipinski definition) is 2. The van der Waals surface area contributed by atoms with E-state index in [-0.39, 0.29) is 24.0 Å². The molecule has 0 aliphatic rings. The maximum absolute atomic E-state index is 5.17. The summed E-state index contributed by atoms with van der Waals surface area (Å²) in [6.07, 6.45) is 1.14. The number of thiocarbonyl (C=S) groups is 1. The molecule has 0 amide bonds. The molecule has 0 aromatic carbocycles. The number of thioether (sulfide) groups is 1. The second-order valence-electron chi connectivity index (χ2n) is 1.17. The summed E-state index contributed by atoms with van der Waals surface area (Å²) < 4.78 is 0.557. The summed E-state index contributed by atoms with van der Waals surface area (Å²) in [5.41, 5.74) is 5.17. The van der Waals surface area contributed by atoms with Crippen LogP contribution in [0.3, 0.4) is 0 Å². The SMILES string of the molecule is CCCSC(N)=S.I. The molecule has 0 bridgehead atoms. The van der Waals surface area contributed by atoms with Gasteiger partial charge in [0.1, 0.15) is 4.32 Å². The van der Waals surface area contributed by atoms with Crippen LogP contribution in [0, 0.1) is 0 Å². The van der Waals surface area contributed by atoms with E-state index in [2.05, 4.69) is 19.1 Å². The van der Waals surface area contributed by atoms with Crippen LogP contribution in [0.2, 0.25) is 0 Å². The van der Waals surface area contributed by atoms with Crippen molar-refractivity contribution in [2.45, 2.75) is 13.3 Å². The van der Waals surface area contributed by atoms with E-state index < -0.39 is 0 Å². The van der Waals surface area contributed by atoms with Crippen molar-refractivity contribution in [3.63, 3.8) is 0 Å². The Morgan fingerprint density at radius 1 is 1.75 bits per heavy atom. The van der Waals surface area contributed by atoms with Crippen molar-refractivity contribution >= 4 is 52.3 Å². The Bertz CT molecular complexity index is 67.1. The molecule has 50 valence electrons. The van der Waals surface area contributed by atoms with Crippen LogP contribution in [0.25, 0.3) is 0 Å². The van der Waals surface area contributed by atoms with E-state index in [1.165, 1.54) is 0 Å². The summed E-state index contributed by atoms with van der Waals surface area (Å²) in [5.74, 6) is 1.05. The molecule has 1 nitrogen and oxygen atoms in total. The molecule has 4 heteroatoms. The quantitative estimate of drug-likeness (QED) is 0.609. The second kappa shape index (κ2) is 7.97. The summed E-state index contributed by atoms with van der Waals surface area (Å²) in [5, 5.41) is 0. The number of hydrogen-bond donors (Lipinski definition) is 1. The van der Waals surface area contributed by atoms with E-state index in [0.717, 1.165) is 12.2 Å². The zero-order chi connectivity index (χ0) is 5.70. The first kappa shape index (κ1) is 11.7. The normalized spacial score (nSPS) is 7.62. The monoisotopic (exact) mass is 263 g/mol. The van der Waals surface area contributed by atoms with Gasteiger partial charge in [0.25, 0.3) is 0 Å². The highest BCUT2D eigenvalue weighted by atomic mass is 127. The lowest BCUT2D eigenvalue weighted by Gasteiger charge is -1.90. The summed E-state index contributed by atoms with van der Waals surface area (Å²) in [6, 6.07) is 0. The molecule has 8 heavy (non-hydrogen) atoms. The van der Waals surface area contributed by atoms with Gasteiger partial charge >= 0.3 is 0 Å². The van der Waals surface area contributed by atoms with Crippen molar-refractivity contribution < 1.29 is 0 Å². The van der Waals surface area contributed by atoms with Crippen molar-refractivity contribution in [2.24, 2.45) is 5.73 Å². The molecule has 0 aromatic heterocycles. The average Bonchev–Trinajstić information content (AvgIpc) is 1.61. The smallest absolute Gasteiger partial charge is 0.131 e. The third-order valence-corrected chi connectivity index (χ3v) is 1.70. The molecule has 0 rings (SSSR count). The number of halogens is 1. The third-order valence-electron chi connectivity index (χ3n) is 0.448. The molecule has 0 saturated heterocycles. The minimum Gasteiger partial charge on any atom is -0.385 e. The molecule has 0 heterocycles. The average molecular weight is 263 g/mol. The molecule has 0 aliphatic heterocycles. The fourth-order valence-electron chi connectivity index (χ4n) is 0.203. The first-order chi connectivity index (χ1) is 3.27. The second-order valence-corrected chi connectivity index (χ2v) is 3.00. The van der Waals surface area contributed by atoms with Crippen molar-refractivity contribution in [1.29, 1.82) is 0 Å². The highest BCUT2D eigenvalue weighted by Crippen LogP contribution is 1.99. The van der Waals surface area contributed by atoms with Crippen molar-refractivity contribution in [3.8, 4) is 0 Å². The minimum absolute atomic E-state index is 0. The van der Waals surface area contributed by atoms with Gasteiger partial charge in [-0.05, 0) is 12.2 Å². The minimum atomic E-state index is 0. The summed E-state index contributed by atoms with van der Waals surface area (Å²) in [7, 11) is 0. The van der Waals surface area contributed by atoms with Crippen LogP contribution in [0.15, 0.2) is 0 Å². The standard InChI is InChI=1S/C4H9NS2.HI/c1-2-3-7-4(5)6;/h2-3H2,1H3,(H2,5,6);1H. The molecule has 0 unspecified atom stereocenters. The Hall–Kier alpha value is 0.970. The zero-order valence-electron chi connectivity index (χ0n) is 4.72. The topological polar surface area (TPSA) is 26.0 Å². The van der Waals surface area contributed by atoms with Gasteiger partial charge in [-0.1, -0.05) is 30.9 Å². The van der Waals surface area contributed by atoms with Gasteiger partial charge in [-0.2, -0.15) is 0 Å². The van der Waals surface area contributed by atoms with Crippen molar-refractivity contribution in [1.82, 2.24) is 0 Å². The van der Waals surface area contributed by atoms with E-state index in [9.17, 15) is 0 Å². The number of nitrogens with two attached hydrogens (primary N) is 1. The van der Waals surface area contributed by atoms with Crippen LogP contribution >= 0.6 is 48.0 Å². The van der Waals surface area contributed by atoms with E-state index in [4.69, 9.17) is 5.73 Å². The molecular formula is C4H10INS2. The first-order valence-corrected chi connectivity index (χ1v) is 3.59. The third kappa shape index (κ3) is 10.1. The fraction of sp³-hybridized carbons (Fsp3) is 0.750. The maximum Gasteiger partial charge on any atom is 0.131 e. The van der Waals surface area contributed by atoms with Gasteiger partial charge in [0, 0.05) is 0 Å². The first-order valence-electron chi connectivity index (χ1n) is 2.19. The van der Waals surface area contributed by atoms with Crippen LogP contribution in [0.1, 0.15) is 13.3 Å². The fourth-order valence-corrected chi connectivity index (χ4v) is 0.858. The Morgan fingerprint density at radius 2 is 2.25 bits per heavy atom. The molecule has 0 spiro atoms. The molecular weight excluding hydrogens is 253 g/mol. The lowest BCUT2D eigenvalue weighted by atomic mass is 10.6. The maximum atomic E-state index is 5.17. The Morgan fingerprint density at radius 3 is 2.38 bits per heavy atom. The van der Waals surface area contributed by atoms with Gasteiger partial charge < -0.3 is 5.73 Å². The van der Waals surface area contributed by atoms with Gasteiger partial charge in [-0.3, -0.25) is 0 Å². The molecule has 2 N–H and O–H groups in total. The van der Waals surface area contributed by atoms with Crippen LogP contribution in [-0.4, -0.2) is 10.1 Å². The molecule has 0 aliphatic carbocycles. The molecule has 0 radical (unpaired) electrons. The molecule has 0 aromatic rings. The highest BCUT2D eigenvalue weighted by Gasteiger charge is 1.84. The van der Waals surface area contributed by atoms with E-state index in [1.807, 2.05) is 0 Å². The summed E-state index contributed by atoms with van der Waals surface area (Å²) in [4.78, 5) is 0. The lowest BCUT2D eigenvalue weighted by molar-refractivity contribution is 1.11. The van der Waals surface area contributed by atoms with E-state index in [0.29, 0.717) is 4.32 Å². The Balaban J connectivity index is 0. The molecule has 0 atom stereocenters. The van der Waals surface area contributed by atoms with Crippen LogP contribution in [0.5, 0.6) is 0 Å². The van der Waals surface area contributed by atoms with Gasteiger partial charge in [-0.15, -0.1) is 24.0 Å². The lowest BCUT2D eigenvalue weighted by Crippen LogP contribution is -2.01. The van der Waals surface area contributed by atoms with Crippen LogP contribution < -0.4 is 5.73 Å². The summed E-state index contributed by atoms with van der Waals surface area (Å²) >= 11 is 6.14. The van der Waals surface area contributed by atoms with Gasteiger partial charge in [-0.25, -0.2) is 0 Å². The predicted octanol–water partition coefficient (Wildman–Crippen LogP) is 1.99. The van der Waals surface area contributed by atoms with Crippen LogP contribution in [-0.2, 0) is 0 Å². The predicted molar refractivity (Wildman–Crippen MR) is 54.9 cm³/mol. The number of rotatable bonds is 2. The Kier molecular flexibility index (Phi) is 11.7. The summed E-state index contributed by atoms with van der Waals surface area (Å²) in [6.45, 7) is 2.10. The molecule has 0 saturated carbocycles. The largest absolute Gasteiger partial charge is 0.385 e. The van der Waals surface area contributed by atoms with Gasteiger partial charge in [0.05, 0.1) is 0 Å². The van der Waals surface area contributed by atoms with Gasteiger partial charge in [0.2, 0.25) is 0 Å². The molecule has 0 fully saturated rings. The zero-order valence-corrected chi connectivity index (χ0v) is 8.68. The van der Waals surface area contributed by atoms with Gasteiger partial charge in [0.15, 0.2) is 0 Å². The highest BCUT2D eigenvalue weighted by molar-refractivity contribution is 14.0. The van der Waals surface area contributed by atoms with Crippen molar-refractivity contribution in [3.05, 3.63) is 0 Å². The Labute approximate surface area is 76.8 Å².